The Bertz CT molecular complexity index is 503. The highest BCUT2D eigenvalue weighted by Crippen LogP contribution is 2.29. The summed E-state index contributed by atoms with van der Waals surface area (Å²) in [6.07, 6.45) is -5.23. The van der Waals surface area contributed by atoms with Gasteiger partial charge in [0.1, 0.15) is 0 Å². The van der Waals surface area contributed by atoms with Crippen LogP contribution in [0.2, 0.25) is 0 Å². The van der Waals surface area contributed by atoms with E-state index in [2.05, 4.69) is 4.74 Å². The first kappa shape index (κ1) is 14.9. The van der Waals surface area contributed by atoms with Gasteiger partial charge in [-0.3, -0.25) is 9.59 Å². The van der Waals surface area contributed by atoms with E-state index in [-0.39, 0.29) is 5.56 Å². The molecule has 0 saturated heterocycles. The molecule has 0 spiro atoms. The van der Waals surface area contributed by atoms with Crippen LogP contribution in [-0.2, 0) is 20.5 Å². The highest BCUT2D eigenvalue weighted by Gasteiger charge is 2.30. The summed E-state index contributed by atoms with van der Waals surface area (Å²) in [5.74, 6) is -2.96. The topological polar surface area (TPSA) is 60.4 Å². The van der Waals surface area contributed by atoms with E-state index >= 15 is 0 Å². The van der Waals surface area contributed by atoms with Gasteiger partial charge in [0.15, 0.2) is 5.78 Å². The maximum Gasteiger partial charge on any atom is 0.416 e. The standard InChI is InChI=1S/C12H9F3O4/c1-19-11(18)10(17)6-9(16)7-2-4-8(5-3-7)12(13,14)15/h2-5H,6H2,1H3. The lowest BCUT2D eigenvalue weighted by Crippen LogP contribution is -2.19. The Morgan fingerprint density at radius 3 is 2.05 bits per heavy atom. The third-order valence-corrected chi connectivity index (χ3v) is 2.27. The Kier molecular flexibility index (Phi) is 4.42. The summed E-state index contributed by atoms with van der Waals surface area (Å²) in [5.41, 5.74) is -0.978. The summed E-state index contributed by atoms with van der Waals surface area (Å²) in [5, 5.41) is 0. The predicted molar refractivity (Wildman–Crippen MR) is 57.4 cm³/mol. The summed E-state index contributed by atoms with van der Waals surface area (Å²) < 4.78 is 41.0. The van der Waals surface area contributed by atoms with E-state index in [9.17, 15) is 27.6 Å². The van der Waals surface area contributed by atoms with Crippen LogP contribution in [0.15, 0.2) is 24.3 Å². The maximum atomic E-state index is 12.3. The van der Waals surface area contributed by atoms with E-state index in [1.54, 1.807) is 0 Å². The number of hydrogen-bond donors (Lipinski definition) is 0. The molecule has 7 heteroatoms. The largest absolute Gasteiger partial charge is 0.463 e. The summed E-state index contributed by atoms with van der Waals surface area (Å²) in [7, 11) is 0.989. The predicted octanol–water partition coefficient (Wildman–Crippen LogP) is 2.02. The van der Waals surface area contributed by atoms with Crippen LogP contribution in [0.3, 0.4) is 0 Å². The van der Waals surface area contributed by atoms with Gasteiger partial charge in [-0.15, -0.1) is 0 Å². The summed E-state index contributed by atoms with van der Waals surface area (Å²) in [6, 6.07) is 3.37. The molecule has 102 valence electrons. The van der Waals surface area contributed by atoms with Crippen molar-refractivity contribution in [2.45, 2.75) is 12.6 Å². The number of rotatable bonds is 4. The van der Waals surface area contributed by atoms with Gasteiger partial charge < -0.3 is 4.74 Å². The van der Waals surface area contributed by atoms with Gasteiger partial charge >= 0.3 is 12.1 Å². The minimum Gasteiger partial charge on any atom is -0.463 e. The van der Waals surface area contributed by atoms with Gasteiger partial charge in [0.05, 0.1) is 19.1 Å². The summed E-state index contributed by atoms with van der Waals surface area (Å²) in [6.45, 7) is 0. The van der Waals surface area contributed by atoms with Crippen LogP contribution in [0.5, 0.6) is 0 Å². The van der Waals surface area contributed by atoms with Gasteiger partial charge in [0.2, 0.25) is 5.78 Å². The zero-order valence-corrected chi connectivity index (χ0v) is 9.78. The Labute approximate surface area is 106 Å². The molecule has 19 heavy (non-hydrogen) atoms. The second-order valence-electron chi connectivity index (χ2n) is 3.59. The fourth-order valence-corrected chi connectivity index (χ4v) is 1.28. The van der Waals surface area contributed by atoms with Crippen molar-refractivity contribution in [2.24, 2.45) is 0 Å². The fourth-order valence-electron chi connectivity index (χ4n) is 1.28. The molecule has 0 aromatic heterocycles. The molecule has 0 unspecified atom stereocenters. The van der Waals surface area contributed by atoms with Crippen molar-refractivity contribution in [1.29, 1.82) is 0 Å². The number of alkyl halides is 3. The number of carbonyl (C=O) groups excluding carboxylic acids is 3. The number of ketones is 2. The van der Waals surface area contributed by atoms with E-state index < -0.39 is 35.7 Å². The zero-order chi connectivity index (χ0) is 14.6. The summed E-state index contributed by atoms with van der Waals surface area (Å²) >= 11 is 0. The Morgan fingerprint density at radius 2 is 1.63 bits per heavy atom. The first-order valence-electron chi connectivity index (χ1n) is 5.07. The molecule has 0 aliphatic rings. The molecule has 0 heterocycles. The normalized spacial score (nSPS) is 10.9. The monoisotopic (exact) mass is 274 g/mol. The molecule has 0 radical (unpaired) electrons. The Balaban J connectivity index is 2.79. The molecule has 1 aromatic rings. The van der Waals surface area contributed by atoms with Gasteiger partial charge in [-0.1, -0.05) is 12.1 Å². The molecular formula is C12H9F3O4. The molecule has 0 bridgehead atoms. The third kappa shape index (κ3) is 3.90. The number of benzene rings is 1. The molecule has 0 atom stereocenters. The van der Waals surface area contributed by atoms with Crippen LogP contribution in [0.25, 0.3) is 0 Å². The van der Waals surface area contributed by atoms with Crippen molar-refractivity contribution < 1.29 is 32.3 Å². The first-order valence-corrected chi connectivity index (χ1v) is 5.07. The molecule has 0 N–H and O–H groups in total. The van der Waals surface area contributed by atoms with E-state index in [4.69, 9.17) is 0 Å². The average Bonchev–Trinajstić information content (AvgIpc) is 2.36. The van der Waals surface area contributed by atoms with E-state index in [1.807, 2.05) is 0 Å². The van der Waals surface area contributed by atoms with Crippen molar-refractivity contribution in [1.82, 2.24) is 0 Å². The molecule has 0 fully saturated rings. The van der Waals surface area contributed by atoms with Crippen LogP contribution in [-0.4, -0.2) is 24.6 Å². The maximum absolute atomic E-state index is 12.3. The van der Waals surface area contributed by atoms with E-state index in [0.29, 0.717) is 0 Å². The number of halogens is 3. The van der Waals surface area contributed by atoms with Crippen molar-refractivity contribution >= 4 is 17.5 Å². The molecule has 0 amide bonds. The van der Waals surface area contributed by atoms with Crippen LogP contribution < -0.4 is 0 Å². The van der Waals surface area contributed by atoms with Gasteiger partial charge in [0.25, 0.3) is 0 Å². The second-order valence-corrected chi connectivity index (χ2v) is 3.59. The van der Waals surface area contributed by atoms with Crippen molar-refractivity contribution in [3.63, 3.8) is 0 Å². The van der Waals surface area contributed by atoms with Gasteiger partial charge in [-0.25, -0.2) is 4.79 Å². The van der Waals surface area contributed by atoms with Crippen molar-refractivity contribution in [2.75, 3.05) is 7.11 Å². The molecule has 1 rings (SSSR count). The number of esters is 1. The quantitative estimate of drug-likeness (QED) is 0.365. The van der Waals surface area contributed by atoms with Gasteiger partial charge in [0, 0.05) is 5.56 Å². The van der Waals surface area contributed by atoms with Crippen LogP contribution in [0.4, 0.5) is 13.2 Å². The lowest BCUT2D eigenvalue weighted by molar-refractivity contribution is -0.151. The van der Waals surface area contributed by atoms with Gasteiger partial charge in [-0.2, -0.15) is 13.2 Å². The Hall–Kier alpha value is -2.18. The van der Waals surface area contributed by atoms with Crippen molar-refractivity contribution in [3.8, 4) is 0 Å². The smallest absolute Gasteiger partial charge is 0.416 e. The minimum absolute atomic E-state index is 0.0785. The zero-order valence-electron chi connectivity index (χ0n) is 9.78. The van der Waals surface area contributed by atoms with E-state index in [0.717, 1.165) is 31.4 Å². The second kappa shape index (κ2) is 5.64. The molecule has 4 nitrogen and oxygen atoms in total. The number of ether oxygens (including phenoxy) is 1. The molecule has 1 aromatic carbocycles. The average molecular weight is 274 g/mol. The number of hydrogen-bond acceptors (Lipinski definition) is 4. The van der Waals surface area contributed by atoms with E-state index in [1.165, 1.54) is 0 Å². The first-order chi connectivity index (χ1) is 8.75. The highest BCUT2D eigenvalue weighted by atomic mass is 19.4. The third-order valence-electron chi connectivity index (χ3n) is 2.27. The van der Waals surface area contributed by atoms with Gasteiger partial charge in [-0.05, 0) is 12.1 Å². The lowest BCUT2D eigenvalue weighted by atomic mass is 10.0. The molecular weight excluding hydrogens is 265 g/mol. The lowest BCUT2D eigenvalue weighted by Gasteiger charge is -2.06. The molecule has 0 aliphatic carbocycles. The highest BCUT2D eigenvalue weighted by molar-refractivity contribution is 6.38. The minimum atomic E-state index is -4.50. The van der Waals surface area contributed by atoms with Crippen LogP contribution >= 0.6 is 0 Å². The van der Waals surface area contributed by atoms with Crippen LogP contribution in [0.1, 0.15) is 22.3 Å². The summed E-state index contributed by atoms with van der Waals surface area (Å²) in [4.78, 5) is 33.4. The van der Waals surface area contributed by atoms with Crippen molar-refractivity contribution in [3.05, 3.63) is 35.4 Å². The fraction of sp³-hybridized carbons (Fsp3) is 0.250. The molecule has 0 aliphatic heterocycles. The number of carbonyl (C=O) groups is 3. The van der Waals surface area contributed by atoms with Crippen LogP contribution in [0, 0.1) is 0 Å². The Morgan fingerprint density at radius 1 is 1.11 bits per heavy atom. The number of Topliss-reactive ketones (excluding diaryl/α,β-unsaturated/α-hetero) is 2. The number of methoxy groups -OCH3 is 1. The molecule has 0 saturated carbocycles. The SMILES string of the molecule is COC(=O)C(=O)CC(=O)c1ccc(C(F)(F)F)cc1.